The number of para-hydroxylation sites is 1. The van der Waals surface area contributed by atoms with E-state index in [-0.39, 0.29) is 30.1 Å². The Bertz CT molecular complexity index is 782. The number of hydrogen-bond donors (Lipinski definition) is 4. The van der Waals surface area contributed by atoms with E-state index in [0.29, 0.717) is 11.3 Å². The number of hydrogen-bond acceptors (Lipinski definition) is 3. The Labute approximate surface area is 193 Å². The minimum atomic E-state index is -0.199. The first-order valence-corrected chi connectivity index (χ1v) is 12.2. The van der Waals surface area contributed by atoms with Crippen LogP contribution in [0, 0.1) is 28.6 Å². The molecule has 3 fully saturated rings. The molecule has 3 aliphatic rings. The Morgan fingerprint density at radius 3 is 2.47 bits per heavy atom. The molecule has 0 heterocycles. The number of carbonyl (C=O) groups excluding carboxylic acids is 1. The van der Waals surface area contributed by atoms with Crippen LogP contribution < -0.4 is 10.6 Å². The molecule has 4 N–H and O–H groups in total. The summed E-state index contributed by atoms with van der Waals surface area (Å²) in [5.41, 5.74) is 2.88. The highest BCUT2D eigenvalue weighted by atomic mass is 16.3. The fraction of sp³-hybridized carbons (Fsp3) is 0.667. The van der Waals surface area contributed by atoms with Crippen molar-refractivity contribution in [1.82, 2.24) is 5.32 Å². The van der Waals surface area contributed by atoms with E-state index >= 15 is 0 Å². The van der Waals surface area contributed by atoms with Crippen LogP contribution in [0.5, 0.6) is 0 Å². The molecule has 0 aromatic heterocycles. The van der Waals surface area contributed by atoms with Crippen LogP contribution in [-0.2, 0) is 0 Å². The van der Waals surface area contributed by atoms with Crippen molar-refractivity contribution >= 4 is 11.7 Å². The molecule has 0 aliphatic heterocycles. The summed E-state index contributed by atoms with van der Waals surface area (Å²) < 4.78 is 0. The van der Waals surface area contributed by atoms with Crippen molar-refractivity contribution in [1.29, 1.82) is 0 Å². The summed E-state index contributed by atoms with van der Waals surface area (Å²) in [5, 5.41) is 24.9. The van der Waals surface area contributed by atoms with E-state index in [1.807, 2.05) is 30.3 Å². The Morgan fingerprint density at radius 2 is 1.81 bits per heavy atom. The summed E-state index contributed by atoms with van der Waals surface area (Å²) in [4.78, 5) is 10.8. The van der Waals surface area contributed by atoms with Gasteiger partial charge in [0.25, 0.3) is 0 Å². The quantitative estimate of drug-likeness (QED) is 0.476. The number of nitrogens with one attached hydrogen (secondary N) is 2. The Kier molecular flexibility index (Phi) is 8.05. The van der Waals surface area contributed by atoms with Crippen molar-refractivity contribution < 1.29 is 15.0 Å². The highest BCUT2D eigenvalue weighted by Crippen LogP contribution is 2.61. The molecule has 3 aliphatic carbocycles. The normalized spacial score (nSPS) is 36.5. The monoisotopic (exact) mass is 442 g/mol. The fourth-order valence-electron chi connectivity index (χ4n) is 6.47. The van der Waals surface area contributed by atoms with Crippen molar-refractivity contribution in [3.63, 3.8) is 0 Å². The van der Waals surface area contributed by atoms with Crippen LogP contribution in [0.15, 0.2) is 42.5 Å². The molecule has 2 amide bonds. The predicted octanol–water partition coefficient (Wildman–Crippen LogP) is 5.36. The Hall–Kier alpha value is -1.85. The summed E-state index contributed by atoms with van der Waals surface area (Å²) in [7, 11) is 1.58. The molecule has 6 atom stereocenters. The second-order valence-electron chi connectivity index (χ2n) is 10.6. The number of carbonyl (C=O) groups is 1. The molecule has 32 heavy (non-hydrogen) atoms. The van der Waals surface area contributed by atoms with Crippen molar-refractivity contribution in [3.05, 3.63) is 42.5 Å². The molecular formula is C27H42N2O3. The zero-order valence-corrected chi connectivity index (χ0v) is 20.1. The highest BCUT2D eigenvalue weighted by molar-refractivity contribution is 5.88. The third-order valence-corrected chi connectivity index (χ3v) is 9.00. The van der Waals surface area contributed by atoms with Gasteiger partial charge in [0.05, 0.1) is 6.10 Å². The van der Waals surface area contributed by atoms with Crippen LogP contribution >= 0.6 is 0 Å². The molecule has 1 aromatic carbocycles. The van der Waals surface area contributed by atoms with E-state index in [2.05, 4.69) is 31.1 Å². The van der Waals surface area contributed by atoms with Gasteiger partial charge in [-0.15, -0.1) is 0 Å². The van der Waals surface area contributed by atoms with Crippen molar-refractivity contribution in [2.24, 2.45) is 28.6 Å². The van der Waals surface area contributed by atoms with Crippen LogP contribution in [0.25, 0.3) is 0 Å². The van der Waals surface area contributed by atoms with E-state index in [0.717, 1.165) is 30.9 Å². The lowest BCUT2D eigenvalue weighted by atomic mass is 9.53. The van der Waals surface area contributed by atoms with Crippen LogP contribution in [0.1, 0.15) is 65.2 Å². The van der Waals surface area contributed by atoms with E-state index in [1.54, 1.807) is 7.05 Å². The topological polar surface area (TPSA) is 81.6 Å². The Balaban J connectivity index is 0.000000222. The zero-order chi connectivity index (χ0) is 23.4. The number of aliphatic hydroxyl groups is 2. The van der Waals surface area contributed by atoms with Gasteiger partial charge < -0.3 is 20.8 Å². The van der Waals surface area contributed by atoms with Crippen LogP contribution in [0.4, 0.5) is 10.5 Å². The summed E-state index contributed by atoms with van der Waals surface area (Å²) in [5.74, 6) is 1.79. The SMILES string of the molecule is C=C1CCC2CC(C3(C)CCC(O)CC3CO)CCC12C.CNC(=O)Nc1ccccc1. The van der Waals surface area contributed by atoms with Gasteiger partial charge in [0.2, 0.25) is 0 Å². The maximum atomic E-state index is 10.8. The van der Waals surface area contributed by atoms with E-state index < -0.39 is 0 Å². The van der Waals surface area contributed by atoms with Gasteiger partial charge in [0.15, 0.2) is 0 Å². The zero-order valence-electron chi connectivity index (χ0n) is 20.1. The lowest BCUT2D eigenvalue weighted by Crippen LogP contribution is -2.46. The van der Waals surface area contributed by atoms with Gasteiger partial charge in [-0.25, -0.2) is 4.79 Å². The molecule has 1 aromatic rings. The molecule has 0 radical (unpaired) electrons. The minimum Gasteiger partial charge on any atom is -0.396 e. The van der Waals surface area contributed by atoms with Gasteiger partial charge in [-0.3, -0.25) is 0 Å². The smallest absolute Gasteiger partial charge is 0.318 e. The maximum Gasteiger partial charge on any atom is 0.318 e. The summed E-state index contributed by atoms with van der Waals surface area (Å²) in [6, 6.07) is 9.09. The number of rotatable bonds is 3. The predicted molar refractivity (Wildman–Crippen MR) is 130 cm³/mol. The Morgan fingerprint density at radius 1 is 1.09 bits per heavy atom. The van der Waals surface area contributed by atoms with Gasteiger partial charge >= 0.3 is 6.03 Å². The van der Waals surface area contributed by atoms with Crippen LogP contribution in [0.2, 0.25) is 0 Å². The number of benzene rings is 1. The number of fused-ring (bicyclic) bond motifs is 1. The van der Waals surface area contributed by atoms with Crippen molar-refractivity contribution in [2.45, 2.75) is 71.3 Å². The number of aliphatic hydroxyl groups excluding tert-OH is 2. The summed E-state index contributed by atoms with van der Waals surface area (Å²) >= 11 is 0. The number of urea groups is 1. The maximum absolute atomic E-state index is 10.8. The molecule has 0 saturated heterocycles. The minimum absolute atomic E-state index is 0.198. The summed E-state index contributed by atoms with van der Waals surface area (Å²) in [6.07, 6.45) is 8.96. The third kappa shape index (κ3) is 5.20. The number of allylic oxidation sites excluding steroid dienone is 1. The van der Waals surface area contributed by atoms with Crippen LogP contribution in [0.3, 0.4) is 0 Å². The molecule has 0 spiro atoms. The first-order chi connectivity index (χ1) is 15.2. The van der Waals surface area contributed by atoms with Crippen molar-refractivity contribution in [3.8, 4) is 0 Å². The molecule has 4 rings (SSSR count). The van der Waals surface area contributed by atoms with Crippen molar-refractivity contribution in [2.75, 3.05) is 19.0 Å². The molecule has 5 heteroatoms. The van der Waals surface area contributed by atoms with Gasteiger partial charge in [0.1, 0.15) is 0 Å². The van der Waals surface area contributed by atoms with Gasteiger partial charge in [-0.1, -0.05) is 44.2 Å². The average Bonchev–Trinajstić information content (AvgIpc) is 3.10. The molecular weight excluding hydrogens is 400 g/mol. The second-order valence-corrected chi connectivity index (χ2v) is 10.6. The lowest BCUT2D eigenvalue weighted by Gasteiger charge is -2.52. The second kappa shape index (κ2) is 10.4. The molecule has 6 unspecified atom stereocenters. The van der Waals surface area contributed by atoms with Gasteiger partial charge in [-0.2, -0.15) is 0 Å². The summed E-state index contributed by atoms with van der Waals surface area (Å²) in [6.45, 7) is 9.38. The number of amides is 2. The molecule has 0 bridgehead atoms. The fourth-order valence-corrected chi connectivity index (χ4v) is 6.47. The van der Waals surface area contributed by atoms with Crippen LogP contribution in [-0.4, -0.2) is 36.0 Å². The van der Waals surface area contributed by atoms with Gasteiger partial charge in [0, 0.05) is 19.3 Å². The number of anilines is 1. The van der Waals surface area contributed by atoms with E-state index in [1.165, 1.54) is 37.7 Å². The highest BCUT2D eigenvalue weighted by Gasteiger charge is 2.52. The van der Waals surface area contributed by atoms with E-state index in [4.69, 9.17) is 0 Å². The molecule has 5 nitrogen and oxygen atoms in total. The standard InChI is InChI=1S/C19H32O2.C8H10N2O/c1-13-4-5-14-10-15(6-8-18(13,14)2)19(3)9-7-17(21)11-16(19)12-20;1-9-8(11)10-7-5-3-2-4-6-7/h14-17,20-21H,1,4-12H2,2-3H3;2-6H,1H3,(H2,9,10,11). The van der Waals surface area contributed by atoms with Gasteiger partial charge in [-0.05, 0) is 92.1 Å². The third-order valence-electron chi connectivity index (χ3n) is 9.00. The first-order valence-electron chi connectivity index (χ1n) is 12.2. The molecule has 3 saturated carbocycles. The van der Waals surface area contributed by atoms with E-state index in [9.17, 15) is 15.0 Å². The largest absolute Gasteiger partial charge is 0.396 e. The molecule has 178 valence electrons. The lowest BCUT2D eigenvalue weighted by molar-refractivity contribution is -0.0661. The average molecular weight is 443 g/mol. The first kappa shape index (κ1) is 24.8.